The molecule has 0 fully saturated rings. The summed E-state index contributed by atoms with van der Waals surface area (Å²) in [5, 5.41) is 2.23. The molecule has 2 aromatic carbocycles. The molecule has 4 rings (SSSR count). The molecule has 0 spiro atoms. The molecule has 0 aliphatic heterocycles. The zero-order valence-electron chi connectivity index (χ0n) is 12.5. The lowest BCUT2D eigenvalue weighted by Gasteiger charge is -2.05. The van der Waals surface area contributed by atoms with Crippen LogP contribution in [-0.2, 0) is 0 Å². The van der Waals surface area contributed by atoms with E-state index in [1.807, 2.05) is 49.4 Å². The molecule has 0 amide bonds. The third-order valence-corrected chi connectivity index (χ3v) is 3.85. The average Bonchev–Trinajstić information content (AvgIpc) is 2.93. The van der Waals surface area contributed by atoms with E-state index >= 15 is 0 Å². The van der Waals surface area contributed by atoms with Crippen LogP contribution < -0.4 is 4.74 Å². The molecule has 0 unspecified atom stereocenters. The van der Waals surface area contributed by atoms with Crippen LogP contribution in [0.15, 0.2) is 59.0 Å². The van der Waals surface area contributed by atoms with E-state index in [2.05, 4.69) is 17.1 Å². The minimum absolute atomic E-state index is 0.831. The minimum atomic E-state index is 0.831. The van der Waals surface area contributed by atoms with Crippen molar-refractivity contribution in [1.82, 2.24) is 4.98 Å². The van der Waals surface area contributed by atoms with Gasteiger partial charge in [0.2, 0.25) is 0 Å². The van der Waals surface area contributed by atoms with Crippen LogP contribution in [0.25, 0.3) is 33.2 Å². The summed E-state index contributed by atoms with van der Waals surface area (Å²) in [6, 6.07) is 18.1. The van der Waals surface area contributed by atoms with E-state index in [4.69, 9.17) is 9.15 Å². The van der Waals surface area contributed by atoms with Crippen molar-refractivity contribution in [2.24, 2.45) is 0 Å². The van der Waals surface area contributed by atoms with Crippen molar-refractivity contribution in [3.05, 3.63) is 60.3 Å². The molecular formula is C19H15NO2. The van der Waals surface area contributed by atoms with Crippen molar-refractivity contribution in [2.45, 2.75) is 6.92 Å². The van der Waals surface area contributed by atoms with Crippen LogP contribution in [-0.4, -0.2) is 12.1 Å². The second-order valence-corrected chi connectivity index (χ2v) is 5.32. The summed E-state index contributed by atoms with van der Waals surface area (Å²) in [6.45, 7) is 2.01. The number of benzene rings is 2. The summed E-state index contributed by atoms with van der Waals surface area (Å²) in [5.74, 6) is 0.831. The standard InChI is InChI=1S/C19H15NO2/c1-12-11-16-15-5-3-4-6-17(15)22-19(16)18(20-12)13-7-9-14(21-2)10-8-13/h3-11H,1-2H3. The highest BCUT2D eigenvalue weighted by Gasteiger charge is 2.14. The number of para-hydroxylation sites is 1. The molecule has 4 aromatic rings. The average molecular weight is 289 g/mol. The smallest absolute Gasteiger partial charge is 0.161 e. The summed E-state index contributed by atoms with van der Waals surface area (Å²) < 4.78 is 11.3. The zero-order chi connectivity index (χ0) is 15.1. The van der Waals surface area contributed by atoms with Gasteiger partial charge in [0.25, 0.3) is 0 Å². The Bertz CT molecular complexity index is 968. The SMILES string of the molecule is COc1ccc(-c2nc(C)cc3c2oc2ccccc23)cc1. The second-order valence-electron chi connectivity index (χ2n) is 5.32. The lowest BCUT2D eigenvalue weighted by Crippen LogP contribution is -1.89. The highest BCUT2D eigenvalue weighted by atomic mass is 16.5. The molecular weight excluding hydrogens is 274 g/mol. The number of ether oxygens (including phenoxy) is 1. The molecule has 0 radical (unpaired) electrons. The molecule has 0 aliphatic rings. The quantitative estimate of drug-likeness (QED) is 0.523. The van der Waals surface area contributed by atoms with Crippen LogP contribution >= 0.6 is 0 Å². The first kappa shape index (κ1) is 12.9. The monoisotopic (exact) mass is 289 g/mol. The fourth-order valence-corrected chi connectivity index (χ4v) is 2.80. The summed E-state index contributed by atoms with van der Waals surface area (Å²) >= 11 is 0. The molecule has 2 heterocycles. The van der Waals surface area contributed by atoms with Gasteiger partial charge in [-0.05, 0) is 43.3 Å². The van der Waals surface area contributed by atoms with Crippen LogP contribution in [0.1, 0.15) is 5.69 Å². The Kier molecular flexibility index (Phi) is 2.86. The second kappa shape index (κ2) is 4.88. The first-order valence-electron chi connectivity index (χ1n) is 7.19. The zero-order valence-corrected chi connectivity index (χ0v) is 12.5. The van der Waals surface area contributed by atoms with Gasteiger partial charge < -0.3 is 9.15 Å². The maximum atomic E-state index is 6.06. The molecule has 0 saturated heterocycles. The van der Waals surface area contributed by atoms with E-state index in [0.29, 0.717) is 0 Å². The van der Waals surface area contributed by atoms with Gasteiger partial charge in [-0.2, -0.15) is 0 Å². The predicted octanol–water partition coefficient (Wildman–Crippen LogP) is 4.97. The molecule has 2 aromatic heterocycles. The van der Waals surface area contributed by atoms with Crippen molar-refractivity contribution < 1.29 is 9.15 Å². The lowest BCUT2D eigenvalue weighted by atomic mass is 10.1. The van der Waals surface area contributed by atoms with Crippen molar-refractivity contribution in [3.8, 4) is 17.0 Å². The Labute approximate surface area is 128 Å². The van der Waals surface area contributed by atoms with Gasteiger partial charge >= 0.3 is 0 Å². The summed E-state index contributed by atoms with van der Waals surface area (Å²) in [5.41, 5.74) is 4.59. The first-order chi connectivity index (χ1) is 10.8. The highest BCUT2D eigenvalue weighted by molar-refractivity contribution is 6.08. The van der Waals surface area contributed by atoms with Crippen LogP contribution in [0.4, 0.5) is 0 Å². The number of pyridine rings is 1. The molecule has 0 N–H and O–H groups in total. The van der Waals surface area contributed by atoms with Gasteiger partial charge in [-0.25, -0.2) is 4.98 Å². The Balaban J connectivity index is 2.03. The Morgan fingerprint density at radius 2 is 1.73 bits per heavy atom. The maximum absolute atomic E-state index is 6.06. The fourth-order valence-electron chi connectivity index (χ4n) is 2.80. The van der Waals surface area contributed by atoms with Crippen LogP contribution in [0, 0.1) is 6.92 Å². The summed E-state index contributed by atoms with van der Waals surface area (Å²) in [4.78, 5) is 4.69. The number of hydrogen-bond acceptors (Lipinski definition) is 3. The van der Waals surface area contributed by atoms with Crippen molar-refractivity contribution in [3.63, 3.8) is 0 Å². The molecule has 0 aliphatic carbocycles. The number of aryl methyl sites for hydroxylation is 1. The molecule has 0 saturated carbocycles. The maximum Gasteiger partial charge on any atom is 0.161 e. The van der Waals surface area contributed by atoms with Crippen molar-refractivity contribution in [2.75, 3.05) is 7.11 Å². The van der Waals surface area contributed by atoms with Gasteiger partial charge in [-0.1, -0.05) is 18.2 Å². The van der Waals surface area contributed by atoms with Gasteiger partial charge in [-0.15, -0.1) is 0 Å². The van der Waals surface area contributed by atoms with Crippen molar-refractivity contribution >= 4 is 21.9 Å². The number of methoxy groups -OCH3 is 1. The minimum Gasteiger partial charge on any atom is -0.497 e. The van der Waals surface area contributed by atoms with E-state index in [1.165, 1.54) is 0 Å². The predicted molar refractivity (Wildman–Crippen MR) is 88.2 cm³/mol. The highest BCUT2D eigenvalue weighted by Crippen LogP contribution is 2.35. The molecule has 108 valence electrons. The fraction of sp³-hybridized carbons (Fsp3) is 0.105. The van der Waals surface area contributed by atoms with Gasteiger partial charge in [0.1, 0.15) is 17.0 Å². The van der Waals surface area contributed by atoms with E-state index in [9.17, 15) is 0 Å². The lowest BCUT2D eigenvalue weighted by molar-refractivity contribution is 0.415. The van der Waals surface area contributed by atoms with E-state index < -0.39 is 0 Å². The first-order valence-corrected chi connectivity index (χ1v) is 7.19. The Morgan fingerprint density at radius 1 is 0.955 bits per heavy atom. The molecule has 3 heteroatoms. The Hall–Kier alpha value is -2.81. The van der Waals surface area contributed by atoms with Gasteiger partial charge in [0.05, 0.1) is 7.11 Å². The van der Waals surface area contributed by atoms with Gasteiger partial charge in [-0.3, -0.25) is 0 Å². The number of aromatic nitrogens is 1. The number of nitrogens with zero attached hydrogens (tertiary/aromatic N) is 1. The van der Waals surface area contributed by atoms with Gasteiger partial charge in [0, 0.05) is 22.0 Å². The van der Waals surface area contributed by atoms with E-state index in [1.54, 1.807) is 7.11 Å². The number of fused-ring (bicyclic) bond motifs is 3. The van der Waals surface area contributed by atoms with Crippen LogP contribution in [0.5, 0.6) is 5.75 Å². The normalized spacial score (nSPS) is 11.2. The van der Waals surface area contributed by atoms with Crippen LogP contribution in [0.2, 0.25) is 0 Å². The third kappa shape index (κ3) is 1.94. The molecule has 0 bridgehead atoms. The summed E-state index contributed by atoms with van der Waals surface area (Å²) in [7, 11) is 1.66. The molecule has 22 heavy (non-hydrogen) atoms. The largest absolute Gasteiger partial charge is 0.497 e. The van der Waals surface area contributed by atoms with Gasteiger partial charge in [0.15, 0.2) is 5.58 Å². The topological polar surface area (TPSA) is 35.3 Å². The van der Waals surface area contributed by atoms with E-state index in [-0.39, 0.29) is 0 Å². The summed E-state index contributed by atoms with van der Waals surface area (Å²) in [6.07, 6.45) is 0. The van der Waals surface area contributed by atoms with Crippen molar-refractivity contribution in [1.29, 1.82) is 0 Å². The van der Waals surface area contributed by atoms with Crippen LogP contribution in [0.3, 0.4) is 0 Å². The van der Waals surface area contributed by atoms with E-state index in [0.717, 1.165) is 44.6 Å². The Morgan fingerprint density at radius 3 is 2.50 bits per heavy atom. The number of furan rings is 1. The molecule has 3 nitrogen and oxygen atoms in total. The molecule has 0 atom stereocenters. The third-order valence-electron chi connectivity index (χ3n) is 3.85. The number of hydrogen-bond donors (Lipinski definition) is 0. The number of rotatable bonds is 2.